The van der Waals surface area contributed by atoms with Gasteiger partial charge < -0.3 is 9.47 Å². The Hall–Kier alpha value is -1.44. The lowest BCUT2D eigenvalue weighted by molar-refractivity contribution is 0.354. The van der Waals surface area contributed by atoms with E-state index in [2.05, 4.69) is 0 Å². The molecular weight excluding hydrogens is 152 g/mol. The van der Waals surface area contributed by atoms with Crippen LogP contribution in [0.5, 0.6) is 11.5 Å². The summed E-state index contributed by atoms with van der Waals surface area (Å²) in [5.41, 5.74) is 0.830. The molecule has 63 valence electrons. The quantitative estimate of drug-likeness (QED) is 0.679. The van der Waals surface area contributed by atoms with Gasteiger partial charge in [0, 0.05) is 5.56 Å². The third-order valence-electron chi connectivity index (χ3n) is 1.61. The molecule has 0 saturated heterocycles. The van der Waals surface area contributed by atoms with Gasteiger partial charge in [-0.05, 0) is 6.07 Å². The predicted molar refractivity (Wildman–Crippen MR) is 48.3 cm³/mol. The normalized spacial score (nSPS) is 9.17. The van der Waals surface area contributed by atoms with Crippen LogP contribution in [0.3, 0.4) is 0 Å². The van der Waals surface area contributed by atoms with Crippen molar-refractivity contribution in [3.05, 3.63) is 30.3 Å². The van der Waals surface area contributed by atoms with Crippen molar-refractivity contribution in [2.75, 3.05) is 14.2 Å². The topological polar surface area (TPSA) is 18.5 Å². The third kappa shape index (κ3) is 1.42. The molecule has 0 N–H and O–H groups in total. The zero-order valence-electron chi connectivity index (χ0n) is 7.20. The monoisotopic (exact) mass is 163 g/mol. The molecule has 0 unspecified atom stereocenters. The maximum absolute atomic E-state index is 5.39. The highest BCUT2D eigenvalue weighted by atomic mass is 16.5. The third-order valence-corrected chi connectivity index (χ3v) is 1.61. The molecule has 0 atom stereocenters. The van der Waals surface area contributed by atoms with E-state index in [0.717, 1.165) is 5.56 Å². The van der Waals surface area contributed by atoms with Gasteiger partial charge in [0.25, 0.3) is 0 Å². The summed E-state index contributed by atoms with van der Waals surface area (Å²) in [6.07, 6.45) is 1.49. The molecule has 0 fully saturated rings. The molecule has 0 spiro atoms. The van der Waals surface area contributed by atoms with E-state index in [-0.39, 0.29) is 0 Å². The lowest BCUT2D eigenvalue weighted by Gasteiger charge is -2.09. The van der Waals surface area contributed by atoms with Crippen molar-refractivity contribution < 1.29 is 9.47 Å². The van der Waals surface area contributed by atoms with Gasteiger partial charge in [-0.3, -0.25) is 0 Å². The largest absolute Gasteiger partial charge is 0.493 e. The van der Waals surface area contributed by atoms with E-state index in [1.54, 1.807) is 14.2 Å². The Bertz CT molecular complexity index is 279. The number of methoxy groups -OCH3 is 2. The molecule has 0 heterocycles. The van der Waals surface area contributed by atoms with Crippen molar-refractivity contribution in [2.45, 2.75) is 0 Å². The fourth-order valence-electron chi connectivity index (χ4n) is 1.04. The van der Waals surface area contributed by atoms with Crippen LogP contribution in [0.15, 0.2) is 18.2 Å². The van der Waals surface area contributed by atoms with E-state index < -0.39 is 0 Å². The predicted octanol–water partition coefficient (Wildman–Crippen LogP) is 2.15. The molecule has 0 amide bonds. The molecule has 0 aromatic heterocycles. The van der Waals surface area contributed by atoms with Gasteiger partial charge in [0.2, 0.25) is 0 Å². The number of rotatable bonds is 3. The molecule has 2 nitrogen and oxygen atoms in total. The molecule has 0 bridgehead atoms. The standard InChI is InChI=1S/C10H11O2/c1-4-8-6-5-7-9(11-2)10(8)12-3/h1,4-7H,2-3H3. The summed E-state index contributed by atoms with van der Waals surface area (Å²) in [6, 6.07) is 5.55. The minimum absolute atomic E-state index is 0.669. The second-order valence-corrected chi connectivity index (χ2v) is 2.25. The number of ether oxygens (including phenoxy) is 2. The fourth-order valence-corrected chi connectivity index (χ4v) is 1.04. The van der Waals surface area contributed by atoms with Crippen LogP contribution in [0.1, 0.15) is 5.56 Å². The zero-order valence-corrected chi connectivity index (χ0v) is 7.20. The van der Waals surface area contributed by atoms with Crippen molar-refractivity contribution in [1.82, 2.24) is 0 Å². The number of para-hydroxylation sites is 1. The molecule has 0 saturated carbocycles. The van der Waals surface area contributed by atoms with E-state index >= 15 is 0 Å². The first kappa shape index (κ1) is 8.65. The lowest BCUT2D eigenvalue weighted by Crippen LogP contribution is -1.92. The highest BCUT2D eigenvalue weighted by molar-refractivity contribution is 5.60. The summed E-state index contributed by atoms with van der Waals surface area (Å²) in [4.78, 5) is 0. The summed E-state index contributed by atoms with van der Waals surface area (Å²) in [5, 5.41) is 0. The molecule has 12 heavy (non-hydrogen) atoms. The molecule has 0 aliphatic rings. The molecule has 1 rings (SSSR count). The summed E-state index contributed by atoms with van der Waals surface area (Å²) in [7, 11) is 3.18. The Morgan fingerprint density at radius 2 is 2.00 bits per heavy atom. The maximum Gasteiger partial charge on any atom is 0.167 e. The summed E-state index contributed by atoms with van der Waals surface area (Å²) in [5.74, 6) is 1.36. The zero-order chi connectivity index (χ0) is 8.97. The number of hydrogen-bond donors (Lipinski definition) is 0. The van der Waals surface area contributed by atoms with Crippen molar-refractivity contribution in [2.24, 2.45) is 0 Å². The molecule has 1 radical (unpaired) electrons. The first-order chi connectivity index (χ1) is 5.83. The first-order valence-electron chi connectivity index (χ1n) is 3.59. The van der Waals surface area contributed by atoms with Crippen LogP contribution >= 0.6 is 0 Å². The van der Waals surface area contributed by atoms with Gasteiger partial charge in [0.05, 0.1) is 14.2 Å². The molecule has 0 aliphatic heterocycles. The second kappa shape index (κ2) is 3.81. The van der Waals surface area contributed by atoms with Gasteiger partial charge in [-0.25, -0.2) is 0 Å². The van der Waals surface area contributed by atoms with Crippen molar-refractivity contribution >= 4 is 6.08 Å². The van der Waals surface area contributed by atoms with Crippen LogP contribution in [-0.2, 0) is 0 Å². The first-order valence-corrected chi connectivity index (χ1v) is 3.59. The highest BCUT2D eigenvalue weighted by Gasteiger charge is 2.05. The number of benzene rings is 1. The Morgan fingerprint density at radius 1 is 1.25 bits per heavy atom. The highest BCUT2D eigenvalue weighted by Crippen LogP contribution is 2.30. The van der Waals surface area contributed by atoms with E-state index in [1.165, 1.54) is 6.08 Å². The summed E-state index contributed by atoms with van der Waals surface area (Å²) >= 11 is 0. The molecule has 0 aliphatic carbocycles. The Labute approximate surface area is 72.4 Å². The molecule has 1 aromatic carbocycles. The van der Waals surface area contributed by atoms with Crippen molar-refractivity contribution in [3.63, 3.8) is 0 Å². The van der Waals surface area contributed by atoms with Crippen LogP contribution < -0.4 is 9.47 Å². The van der Waals surface area contributed by atoms with Crippen LogP contribution in [0.2, 0.25) is 0 Å². The fraction of sp³-hybridized carbons (Fsp3) is 0.200. The van der Waals surface area contributed by atoms with E-state index in [9.17, 15) is 0 Å². The van der Waals surface area contributed by atoms with Crippen molar-refractivity contribution in [1.29, 1.82) is 0 Å². The van der Waals surface area contributed by atoms with Crippen LogP contribution in [-0.4, -0.2) is 14.2 Å². The van der Waals surface area contributed by atoms with E-state index in [1.807, 2.05) is 18.2 Å². The summed E-state index contributed by atoms with van der Waals surface area (Å²) in [6.45, 7) is 5.39. The van der Waals surface area contributed by atoms with Gasteiger partial charge in [-0.2, -0.15) is 0 Å². The van der Waals surface area contributed by atoms with Crippen LogP contribution in [0.25, 0.3) is 6.08 Å². The Morgan fingerprint density at radius 3 is 2.50 bits per heavy atom. The Kier molecular flexibility index (Phi) is 2.75. The molecular formula is C10H11O2. The Balaban J connectivity index is 3.21. The van der Waals surface area contributed by atoms with E-state index in [0.29, 0.717) is 11.5 Å². The summed E-state index contributed by atoms with van der Waals surface area (Å²) < 4.78 is 10.2. The van der Waals surface area contributed by atoms with Gasteiger partial charge in [0.15, 0.2) is 11.5 Å². The van der Waals surface area contributed by atoms with Gasteiger partial charge >= 0.3 is 0 Å². The minimum Gasteiger partial charge on any atom is -0.493 e. The average Bonchev–Trinajstić information content (AvgIpc) is 2.16. The van der Waals surface area contributed by atoms with Crippen LogP contribution in [0, 0.1) is 6.58 Å². The van der Waals surface area contributed by atoms with Crippen LogP contribution in [0.4, 0.5) is 0 Å². The average molecular weight is 163 g/mol. The van der Waals surface area contributed by atoms with E-state index in [4.69, 9.17) is 16.1 Å². The van der Waals surface area contributed by atoms with Gasteiger partial charge in [0.1, 0.15) is 0 Å². The second-order valence-electron chi connectivity index (χ2n) is 2.25. The smallest absolute Gasteiger partial charge is 0.167 e. The molecule has 2 heteroatoms. The maximum atomic E-state index is 5.39. The SMILES string of the molecule is [CH]=Cc1cccc(OC)c1OC. The van der Waals surface area contributed by atoms with Gasteiger partial charge in [-0.1, -0.05) is 24.8 Å². The lowest BCUT2D eigenvalue weighted by atomic mass is 10.2. The van der Waals surface area contributed by atoms with Gasteiger partial charge in [-0.15, -0.1) is 0 Å². The van der Waals surface area contributed by atoms with Crippen molar-refractivity contribution in [3.8, 4) is 11.5 Å². The number of hydrogen-bond acceptors (Lipinski definition) is 2. The molecule has 1 aromatic rings. The minimum atomic E-state index is 0.669.